The van der Waals surface area contributed by atoms with E-state index in [1.807, 2.05) is 0 Å². The van der Waals surface area contributed by atoms with Gasteiger partial charge in [-0.2, -0.15) is 0 Å². The lowest BCUT2D eigenvalue weighted by molar-refractivity contribution is -0.136. The van der Waals surface area contributed by atoms with Gasteiger partial charge in [0.2, 0.25) is 5.91 Å². The van der Waals surface area contributed by atoms with Crippen molar-refractivity contribution in [1.82, 2.24) is 4.90 Å². The van der Waals surface area contributed by atoms with Crippen molar-refractivity contribution >= 4 is 15.7 Å². The Kier molecular flexibility index (Phi) is 6.46. The van der Waals surface area contributed by atoms with Gasteiger partial charge in [-0.15, -0.1) is 0 Å². The maximum absolute atomic E-state index is 15.1. The van der Waals surface area contributed by atoms with Crippen LogP contribution in [0.3, 0.4) is 0 Å². The van der Waals surface area contributed by atoms with Gasteiger partial charge >= 0.3 is 0 Å². The first-order valence-electron chi connectivity index (χ1n) is 12.4. The molecule has 1 amide bonds. The van der Waals surface area contributed by atoms with Crippen LogP contribution >= 0.6 is 0 Å². The number of halogens is 2. The molecule has 1 saturated heterocycles. The predicted octanol–water partition coefficient (Wildman–Crippen LogP) is 4.54. The van der Waals surface area contributed by atoms with Gasteiger partial charge in [-0.25, -0.2) is 17.2 Å². The summed E-state index contributed by atoms with van der Waals surface area (Å²) in [7, 11) is -4.07. The van der Waals surface area contributed by atoms with Gasteiger partial charge in [0.05, 0.1) is 4.90 Å². The molecule has 5 nitrogen and oxygen atoms in total. The van der Waals surface area contributed by atoms with Crippen molar-refractivity contribution in [1.29, 1.82) is 0 Å². The zero-order chi connectivity index (χ0) is 24.8. The van der Waals surface area contributed by atoms with E-state index in [1.165, 1.54) is 18.2 Å². The number of aliphatic hydroxyl groups is 1. The normalized spacial score (nSPS) is 27.2. The van der Waals surface area contributed by atoms with Crippen LogP contribution in [-0.4, -0.2) is 44.0 Å². The minimum Gasteiger partial charge on any atom is -0.396 e. The third kappa shape index (κ3) is 4.40. The topological polar surface area (TPSA) is 74.7 Å². The molecule has 1 N–H and O–H groups in total. The van der Waals surface area contributed by atoms with E-state index < -0.39 is 26.2 Å². The number of sulfone groups is 1. The van der Waals surface area contributed by atoms with Crippen LogP contribution in [0.1, 0.15) is 62.0 Å². The molecule has 35 heavy (non-hydrogen) atoms. The van der Waals surface area contributed by atoms with Crippen molar-refractivity contribution in [2.24, 2.45) is 11.8 Å². The summed E-state index contributed by atoms with van der Waals surface area (Å²) >= 11 is 0. The van der Waals surface area contributed by atoms with Crippen molar-refractivity contribution in [2.75, 3.05) is 19.7 Å². The van der Waals surface area contributed by atoms with Crippen molar-refractivity contribution in [3.63, 3.8) is 0 Å². The molecule has 1 heterocycles. The number of likely N-dealkylation sites (tertiary alicyclic amines) is 1. The molecular weight excluding hydrogens is 472 g/mol. The molecule has 0 radical (unpaired) electrons. The highest BCUT2D eigenvalue weighted by atomic mass is 32.2. The Balaban J connectivity index is 1.50. The highest BCUT2D eigenvalue weighted by molar-refractivity contribution is 7.92. The monoisotopic (exact) mass is 503 g/mol. The molecule has 3 fully saturated rings. The fourth-order valence-corrected chi connectivity index (χ4v) is 7.87. The summed E-state index contributed by atoms with van der Waals surface area (Å²) in [6.45, 7) is 0.310. The number of benzene rings is 2. The first-order chi connectivity index (χ1) is 16.7. The Hall–Kier alpha value is -2.32. The molecule has 0 bridgehead atoms. The maximum atomic E-state index is 15.1. The molecule has 2 aromatic carbocycles. The average molecular weight is 504 g/mol. The largest absolute Gasteiger partial charge is 0.396 e. The van der Waals surface area contributed by atoms with Gasteiger partial charge in [0.25, 0.3) is 0 Å². The molecule has 1 aliphatic heterocycles. The minimum absolute atomic E-state index is 0.0386. The Morgan fingerprint density at radius 2 is 1.69 bits per heavy atom. The summed E-state index contributed by atoms with van der Waals surface area (Å²) in [6, 6.07) is 9.39. The van der Waals surface area contributed by atoms with Crippen molar-refractivity contribution in [3.05, 3.63) is 65.2 Å². The van der Waals surface area contributed by atoms with Crippen LogP contribution in [0.4, 0.5) is 8.78 Å². The number of carbonyl (C=O) groups excluding carboxylic acids is 1. The van der Waals surface area contributed by atoms with Crippen LogP contribution in [0.5, 0.6) is 0 Å². The van der Waals surface area contributed by atoms with Gasteiger partial charge in [0, 0.05) is 25.6 Å². The molecule has 8 heteroatoms. The molecule has 1 unspecified atom stereocenters. The van der Waals surface area contributed by atoms with Crippen LogP contribution in [0.2, 0.25) is 0 Å². The number of hydrogen-bond donors (Lipinski definition) is 1. The lowest BCUT2D eigenvalue weighted by atomic mass is 9.82. The third-order valence-corrected chi connectivity index (χ3v) is 10.7. The summed E-state index contributed by atoms with van der Waals surface area (Å²) in [5.74, 6) is -0.831. The van der Waals surface area contributed by atoms with Crippen LogP contribution in [0.15, 0.2) is 47.4 Å². The summed E-state index contributed by atoms with van der Waals surface area (Å²) in [5, 5.41) is 9.40. The second-order valence-electron chi connectivity index (χ2n) is 10.4. The highest BCUT2D eigenvalue weighted by Gasteiger charge is 2.53. The zero-order valence-corrected chi connectivity index (χ0v) is 20.4. The van der Waals surface area contributed by atoms with Crippen molar-refractivity contribution < 1.29 is 27.1 Å². The number of aliphatic hydroxyl groups excluding tert-OH is 1. The molecule has 3 aliphatic rings. The zero-order valence-electron chi connectivity index (χ0n) is 19.6. The number of amides is 1. The summed E-state index contributed by atoms with van der Waals surface area (Å²) in [6.07, 6.45) is 4.88. The molecule has 0 spiro atoms. The molecule has 188 valence electrons. The molecule has 2 saturated carbocycles. The fraction of sp³-hybridized carbons (Fsp3) is 0.519. The van der Waals surface area contributed by atoms with Crippen LogP contribution in [-0.2, 0) is 19.4 Å². The second-order valence-corrected chi connectivity index (χ2v) is 12.6. The van der Waals surface area contributed by atoms with E-state index in [1.54, 1.807) is 17.0 Å². The van der Waals surface area contributed by atoms with E-state index in [-0.39, 0.29) is 54.7 Å². The van der Waals surface area contributed by atoms with Gasteiger partial charge < -0.3 is 10.0 Å². The quantitative estimate of drug-likeness (QED) is 0.588. The molecule has 1 atom stereocenters. The van der Waals surface area contributed by atoms with E-state index in [2.05, 4.69) is 0 Å². The van der Waals surface area contributed by atoms with Crippen molar-refractivity contribution in [3.8, 4) is 0 Å². The summed E-state index contributed by atoms with van der Waals surface area (Å²) in [5.41, 5.74) is 0.942. The molecular formula is C27H31F2NO4S. The fourth-order valence-electron chi connectivity index (χ4n) is 5.81. The van der Waals surface area contributed by atoms with Gasteiger partial charge in [0.15, 0.2) is 9.84 Å². The Bertz CT molecular complexity index is 1200. The first-order valence-corrected chi connectivity index (χ1v) is 13.9. The van der Waals surface area contributed by atoms with Gasteiger partial charge in [-0.05, 0) is 98.2 Å². The molecule has 5 rings (SSSR count). The smallest absolute Gasteiger partial charge is 0.225 e. The van der Waals surface area contributed by atoms with Crippen LogP contribution in [0, 0.1) is 23.5 Å². The van der Waals surface area contributed by atoms with Gasteiger partial charge in [-0.1, -0.05) is 12.1 Å². The number of carbonyl (C=O) groups is 1. The molecule has 2 aliphatic carbocycles. The number of nitrogens with zero attached hydrogens (tertiary/aromatic N) is 1. The SMILES string of the molecule is O=C(C1CCC(CO)CC1)N1CCC(c2ccc(C3CC3)c(F)c2)(S(=O)(=O)c2ccc(F)cc2)C1. The average Bonchev–Trinajstić information content (AvgIpc) is 3.60. The molecule has 0 aromatic heterocycles. The van der Waals surface area contributed by atoms with Crippen molar-refractivity contribution in [2.45, 2.75) is 60.5 Å². The van der Waals surface area contributed by atoms with Gasteiger partial charge in [0.1, 0.15) is 16.4 Å². The predicted molar refractivity (Wildman–Crippen MR) is 127 cm³/mol. The molecule has 2 aromatic rings. The Labute approximate surface area is 205 Å². The Morgan fingerprint density at radius 1 is 1.00 bits per heavy atom. The second kappa shape index (κ2) is 9.28. The maximum Gasteiger partial charge on any atom is 0.225 e. The first kappa shape index (κ1) is 24.4. The van der Waals surface area contributed by atoms with E-state index in [4.69, 9.17) is 0 Å². The summed E-state index contributed by atoms with van der Waals surface area (Å²) < 4.78 is 55.2. The lowest BCUT2D eigenvalue weighted by Crippen LogP contribution is -2.42. The standard InChI is InChI=1S/C27H31F2NO4S/c28-22-8-10-23(11-9-22)35(33,34)27(21-7-12-24(19-5-6-19)25(29)15-21)13-14-30(17-27)26(32)20-3-1-18(16-31)2-4-20/h7-12,15,18-20,31H,1-6,13-14,16-17H2. The van der Waals surface area contributed by atoms with E-state index >= 15 is 4.39 Å². The minimum atomic E-state index is -4.07. The van der Waals surface area contributed by atoms with E-state index in [0.29, 0.717) is 24.0 Å². The third-order valence-electron chi connectivity index (χ3n) is 8.18. The lowest BCUT2D eigenvalue weighted by Gasteiger charge is -2.32. The summed E-state index contributed by atoms with van der Waals surface area (Å²) in [4.78, 5) is 15.0. The van der Waals surface area contributed by atoms with Crippen LogP contribution in [0.25, 0.3) is 0 Å². The number of rotatable bonds is 6. The Morgan fingerprint density at radius 3 is 2.29 bits per heavy atom. The van der Waals surface area contributed by atoms with E-state index in [0.717, 1.165) is 37.8 Å². The van der Waals surface area contributed by atoms with E-state index in [9.17, 15) is 22.7 Å². The highest BCUT2D eigenvalue weighted by Crippen LogP contribution is 2.47. The van der Waals surface area contributed by atoms with Gasteiger partial charge in [-0.3, -0.25) is 4.79 Å². The van der Waals surface area contributed by atoms with Crippen LogP contribution < -0.4 is 0 Å². The number of hydrogen-bond acceptors (Lipinski definition) is 4.